The molecule has 1 heterocycles. The van der Waals surface area contributed by atoms with Crippen LogP contribution < -0.4 is 9.50 Å². The molecule has 0 aliphatic carbocycles. The van der Waals surface area contributed by atoms with Crippen LogP contribution in [0.5, 0.6) is 5.75 Å². The second-order valence-corrected chi connectivity index (χ2v) is 6.12. The van der Waals surface area contributed by atoms with Gasteiger partial charge in [0.05, 0.1) is 18.6 Å². The van der Waals surface area contributed by atoms with E-state index in [1.54, 1.807) is 31.4 Å². The summed E-state index contributed by atoms with van der Waals surface area (Å²) in [6.07, 6.45) is 1.63. The van der Waals surface area contributed by atoms with Gasteiger partial charge in [-0.1, -0.05) is 12.1 Å². The van der Waals surface area contributed by atoms with Crippen molar-refractivity contribution in [3.8, 4) is 5.75 Å². The maximum Gasteiger partial charge on any atom is 0.308 e. The predicted molar refractivity (Wildman–Crippen MR) is 75.8 cm³/mol. The quantitative estimate of drug-likeness (QED) is 0.794. The first-order chi connectivity index (χ1) is 9.59. The Labute approximate surface area is 118 Å². The van der Waals surface area contributed by atoms with E-state index in [4.69, 9.17) is 8.60 Å². The second kappa shape index (κ2) is 6.58. The molecule has 0 saturated heterocycles. The summed E-state index contributed by atoms with van der Waals surface area (Å²) in [5.41, 5.74) is 0.945. The summed E-state index contributed by atoms with van der Waals surface area (Å²) in [5.74, 6) is 1.14. The summed E-state index contributed by atoms with van der Waals surface area (Å²) >= 11 is 0. The third-order valence-electron chi connectivity index (χ3n) is 2.68. The van der Waals surface area contributed by atoms with Crippen LogP contribution in [-0.4, -0.2) is 14.2 Å². The van der Waals surface area contributed by atoms with E-state index in [1.165, 1.54) is 0 Å². The van der Waals surface area contributed by atoms with Crippen molar-refractivity contribution in [1.29, 1.82) is 0 Å². The number of furan rings is 1. The van der Waals surface area contributed by atoms with E-state index >= 15 is 0 Å². The molecule has 2 rings (SSSR count). The Morgan fingerprint density at radius 2 is 2.05 bits per heavy atom. The molecular weight excluding hydrogens is 278 g/mol. The average molecular weight is 295 g/mol. The molecule has 6 heteroatoms. The lowest BCUT2D eigenvalue weighted by molar-refractivity contribution is 0.481. The minimum atomic E-state index is -3.48. The molecule has 1 aromatic heterocycles. The van der Waals surface area contributed by atoms with Gasteiger partial charge in [-0.3, -0.25) is 0 Å². The summed E-state index contributed by atoms with van der Waals surface area (Å²) in [4.78, 5) is 0. The van der Waals surface area contributed by atoms with Gasteiger partial charge >= 0.3 is 10.1 Å². The summed E-state index contributed by atoms with van der Waals surface area (Å²) in [7, 11) is -3.48. The summed E-state index contributed by atoms with van der Waals surface area (Å²) < 4.78 is 33.0. The minimum absolute atomic E-state index is 0.0476. The number of hydrogen-bond acceptors (Lipinski definition) is 5. The zero-order chi connectivity index (χ0) is 14.4. The summed E-state index contributed by atoms with van der Waals surface area (Å²) in [5, 5.41) is 3.21. The Balaban J connectivity index is 1.92. The summed E-state index contributed by atoms with van der Waals surface area (Å²) in [6.45, 7) is 2.76. The van der Waals surface area contributed by atoms with Crippen LogP contribution in [0.25, 0.3) is 0 Å². The van der Waals surface area contributed by atoms with Gasteiger partial charge in [0.15, 0.2) is 0 Å². The van der Waals surface area contributed by atoms with Crippen LogP contribution in [0.3, 0.4) is 0 Å². The van der Waals surface area contributed by atoms with Gasteiger partial charge in [0, 0.05) is 6.54 Å². The summed E-state index contributed by atoms with van der Waals surface area (Å²) in [6, 6.07) is 10.7. The SMILES string of the molecule is CCS(=O)(=O)Oc1cccc(CNCc2ccco2)c1. The van der Waals surface area contributed by atoms with Crippen LogP contribution in [0.4, 0.5) is 0 Å². The molecule has 1 aromatic carbocycles. The number of hydrogen-bond donors (Lipinski definition) is 1. The van der Waals surface area contributed by atoms with Crippen molar-refractivity contribution in [3.63, 3.8) is 0 Å². The van der Waals surface area contributed by atoms with E-state index < -0.39 is 10.1 Å². The van der Waals surface area contributed by atoms with Gasteiger partial charge in [0.2, 0.25) is 0 Å². The van der Waals surface area contributed by atoms with E-state index in [0.29, 0.717) is 18.8 Å². The highest BCUT2D eigenvalue weighted by atomic mass is 32.2. The highest BCUT2D eigenvalue weighted by Crippen LogP contribution is 2.15. The molecule has 0 aliphatic heterocycles. The molecule has 0 bridgehead atoms. The zero-order valence-electron chi connectivity index (χ0n) is 11.2. The Kier molecular flexibility index (Phi) is 4.81. The minimum Gasteiger partial charge on any atom is -0.468 e. The molecule has 0 spiro atoms. The van der Waals surface area contributed by atoms with Crippen LogP contribution >= 0.6 is 0 Å². The molecule has 0 saturated carbocycles. The largest absolute Gasteiger partial charge is 0.468 e. The molecule has 0 radical (unpaired) electrons. The van der Waals surface area contributed by atoms with Crippen LogP contribution in [0, 0.1) is 0 Å². The molecule has 0 unspecified atom stereocenters. The molecule has 0 fully saturated rings. The van der Waals surface area contributed by atoms with E-state index in [0.717, 1.165) is 11.3 Å². The Morgan fingerprint density at radius 1 is 1.20 bits per heavy atom. The van der Waals surface area contributed by atoms with Gasteiger partial charge in [-0.2, -0.15) is 8.42 Å². The third kappa shape index (κ3) is 4.40. The first kappa shape index (κ1) is 14.6. The third-order valence-corrected chi connectivity index (χ3v) is 3.84. The second-order valence-electron chi connectivity index (χ2n) is 4.26. The molecule has 5 nitrogen and oxygen atoms in total. The molecule has 1 N–H and O–H groups in total. The first-order valence-electron chi connectivity index (χ1n) is 6.33. The van der Waals surface area contributed by atoms with Crippen molar-refractivity contribution in [1.82, 2.24) is 5.32 Å². The van der Waals surface area contributed by atoms with Crippen LogP contribution in [-0.2, 0) is 23.2 Å². The van der Waals surface area contributed by atoms with Gasteiger partial charge in [0.25, 0.3) is 0 Å². The van der Waals surface area contributed by atoms with Gasteiger partial charge < -0.3 is 13.9 Å². The molecule has 108 valence electrons. The monoisotopic (exact) mass is 295 g/mol. The lowest BCUT2D eigenvalue weighted by Crippen LogP contribution is -2.13. The Morgan fingerprint density at radius 3 is 2.75 bits per heavy atom. The molecule has 0 atom stereocenters. The van der Waals surface area contributed by atoms with Crippen molar-refractivity contribution in [3.05, 3.63) is 54.0 Å². The standard InChI is InChI=1S/C14H17NO4S/c1-2-20(16,17)19-13-6-3-5-12(9-13)10-15-11-14-7-4-8-18-14/h3-9,15H,2,10-11H2,1H3. The van der Waals surface area contributed by atoms with Crippen LogP contribution in [0.1, 0.15) is 18.2 Å². The smallest absolute Gasteiger partial charge is 0.308 e. The van der Waals surface area contributed by atoms with E-state index in [1.807, 2.05) is 18.2 Å². The predicted octanol–water partition coefficient (Wildman–Crippen LogP) is 2.30. The van der Waals surface area contributed by atoms with Crippen LogP contribution in [0.2, 0.25) is 0 Å². The van der Waals surface area contributed by atoms with E-state index in [9.17, 15) is 8.42 Å². The van der Waals surface area contributed by atoms with Crippen molar-refractivity contribution in [2.75, 3.05) is 5.75 Å². The Hall–Kier alpha value is -1.79. The van der Waals surface area contributed by atoms with E-state index in [2.05, 4.69) is 5.32 Å². The normalized spacial score (nSPS) is 11.4. The highest BCUT2D eigenvalue weighted by molar-refractivity contribution is 7.87. The number of nitrogens with one attached hydrogen (secondary N) is 1. The van der Waals surface area contributed by atoms with Gasteiger partial charge in [-0.15, -0.1) is 0 Å². The number of rotatable bonds is 7. The zero-order valence-corrected chi connectivity index (χ0v) is 12.0. The first-order valence-corrected chi connectivity index (χ1v) is 7.91. The maximum absolute atomic E-state index is 11.4. The van der Waals surface area contributed by atoms with Crippen molar-refractivity contribution >= 4 is 10.1 Å². The van der Waals surface area contributed by atoms with Gasteiger partial charge in [-0.25, -0.2) is 0 Å². The molecule has 0 aliphatic rings. The Bertz CT molecular complexity index is 635. The van der Waals surface area contributed by atoms with Gasteiger partial charge in [0.1, 0.15) is 11.5 Å². The van der Waals surface area contributed by atoms with Crippen molar-refractivity contribution in [2.45, 2.75) is 20.0 Å². The fourth-order valence-electron chi connectivity index (χ4n) is 1.66. The number of benzene rings is 1. The van der Waals surface area contributed by atoms with Crippen molar-refractivity contribution < 1.29 is 17.0 Å². The fraction of sp³-hybridized carbons (Fsp3) is 0.286. The van der Waals surface area contributed by atoms with Gasteiger partial charge in [-0.05, 0) is 36.8 Å². The highest BCUT2D eigenvalue weighted by Gasteiger charge is 2.09. The van der Waals surface area contributed by atoms with Crippen LogP contribution in [0.15, 0.2) is 47.1 Å². The maximum atomic E-state index is 11.4. The topological polar surface area (TPSA) is 68.5 Å². The molecular formula is C14H17NO4S. The molecule has 2 aromatic rings. The van der Waals surface area contributed by atoms with Crippen molar-refractivity contribution in [2.24, 2.45) is 0 Å². The van der Waals surface area contributed by atoms with E-state index in [-0.39, 0.29) is 5.75 Å². The molecule has 0 amide bonds. The molecule has 20 heavy (non-hydrogen) atoms. The lowest BCUT2D eigenvalue weighted by Gasteiger charge is -2.07. The average Bonchev–Trinajstić information content (AvgIpc) is 2.92. The fourth-order valence-corrected chi connectivity index (χ4v) is 2.17. The lowest BCUT2D eigenvalue weighted by atomic mass is 10.2.